The number of rotatable bonds is 2. The molecule has 0 radical (unpaired) electrons. The van der Waals surface area contributed by atoms with Crippen LogP contribution in [0.25, 0.3) is 22.3 Å². The van der Waals surface area contributed by atoms with Gasteiger partial charge in [-0.05, 0) is 30.7 Å². The summed E-state index contributed by atoms with van der Waals surface area (Å²) < 4.78 is 11.0. The van der Waals surface area contributed by atoms with E-state index in [2.05, 4.69) is 0 Å². The van der Waals surface area contributed by atoms with E-state index in [0.29, 0.717) is 28.2 Å². The normalized spacial score (nSPS) is 10.8. The number of methoxy groups -OCH3 is 1. The number of nitrogens with two attached hydrogens (primary N) is 1. The maximum absolute atomic E-state index is 12.2. The summed E-state index contributed by atoms with van der Waals surface area (Å²) in [6.45, 7) is 1.93. The van der Waals surface area contributed by atoms with Gasteiger partial charge in [-0.3, -0.25) is 4.79 Å². The third-order valence-electron chi connectivity index (χ3n) is 3.50. The first-order valence-corrected chi connectivity index (χ1v) is 6.57. The van der Waals surface area contributed by atoms with Crippen molar-refractivity contribution in [2.24, 2.45) is 0 Å². The van der Waals surface area contributed by atoms with Crippen LogP contribution in [-0.2, 0) is 0 Å². The lowest BCUT2D eigenvalue weighted by molar-refractivity contribution is 0.414. The molecule has 0 unspecified atom stereocenters. The number of ether oxygens (including phenoxy) is 1. The monoisotopic (exact) mass is 281 g/mol. The molecule has 0 aliphatic rings. The second-order valence-electron chi connectivity index (χ2n) is 4.91. The molecule has 2 N–H and O–H groups in total. The molecule has 4 nitrogen and oxygen atoms in total. The highest BCUT2D eigenvalue weighted by Crippen LogP contribution is 2.26. The molecule has 3 aromatic rings. The Bertz CT molecular complexity index is 881. The van der Waals surface area contributed by atoms with Crippen LogP contribution in [0.2, 0.25) is 0 Å². The fourth-order valence-corrected chi connectivity index (χ4v) is 2.20. The highest BCUT2D eigenvalue weighted by atomic mass is 16.5. The Morgan fingerprint density at radius 3 is 2.62 bits per heavy atom. The minimum absolute atomic E-state index is 0.0898. The molecule has 0 saturated heterocycles. The van der Waals surface area contributed by atoms with Crippen molar-refractivity contribution < 1.29 is 9.15 Å². The average molecular weight is 281 g/mol. The second kappa shape index (κ2) is 4.98. The molecule has 0 bridgehead atoms. The summed E-state index contributed by atoms with van der Waals surface area (Å²) in [4.78, 5) is 12.2. The summed E-state index contributed by atoms with van der Waals surface area (Å²) in [5, 5.41) is 0.527. The predicted octanol–water partition coefficient (Wildman–Crippen LogP) is 3.36. The Morgan fingerprint density at radius 1 is 1.10 bits per heavy atom. The van der Waals surface area contributed by atoms with Gasteiger partial charge in [0.25, 0.3) is 0 Å². The summed E-state index contributed by atoms with van der Waals surface area (Å²) in [7, 11) is 1.57. The molecule has 0 fully saturated rings. The fraction of sp³-hybridized carbons (Fsp3) is 0.118. The van der Waals surface area contributed by atoms with Crippen LogP contribution < -0.4 is 15.9 Å². The van der Waals surface area contributed by atoms with Crippen LogP contribution >= 0.6 is 0 Å². The van der Waals surface area contributed by atoms with E-state index in [-0.39, 0.29) is 5.43 Å². The van der Waals surface area contributed by atoms with Crippen molar-refractivity contribution >= 4 is 16.7 Å². The second-order valence-corrected chi connectivity index (χ2v) is 4.91. The van der Waals surface area contributed by atoms with Gasteiger partial charge in [0, 0.05) is 23.4 Å². The molecule has 0 aliphatic carbocycles. The van der Waals surface area contributed by atoms with Gasteiger partial charge in [-0.2, -0.15) is 0 Å². The fourth-order valence-electron chi connectivity index (χ4n) is 2.20. The van der Waals surface area contributed by atoms with Crippen LogP contribution in [0.3, 0.4) is 0 Å². The summed E-state index contributed by atoms with van der Waals surface area (Å²) in [5.41, 5.74) is 8.76. The molecule has 0 spiro atoms. The Kier molecular flexibility index (Phi) is 3.14. The molecule has 106 valence electrons. The number of anilines is 1. The molecule has 1 aromatic heterocycles. The number of aryl methyl sites for hydroxylation is 1. The van der Waals surface area contributed by atoms with E-state index in [1.54, 1.807) is 31.4 Å². The standard InChI is InChI=1S/C17H15NO3/c1-10-3-4-11(7-14(10)18)16-9-15(19)13-6-5-12(20-2)8-17(13)21-16/h3-9H,18H2,1-2H3. The summed E-state index contributed by atoms with van der Waals surface area (Å²) in [5.74, 6) is 1.14. The van der Waals surface area contributed by atoms with Crippen molar-refractivity contribution in [1.82, 2.24) is 0 Å². The van der Waals surface area contributed by atoms with Gasteiger partial charge in [-0.1, -0.05) is 12.1 Å². The molecule has 0 atom stereocenters. The smallest absolute Gasteiger partial charge is 0.193 e. The number of hydrogen-bond acceptors (Lipinski definition) is 4. The van der Waals surface area contributed by atoms with Crippen molar-refractivity contribution in [3.8, 4) is 17.1 Å². The molecule has 4 heteroatoms. The van der Waals surface area contributed by atoms with Gasteiger partial charge >= 0.3 is 0 Å². The maximum Gasteiger partial charge on any atom is 0.193 e. The molecule has 0 aliphatic heterocycles. The minimum Gasteiger partial charge on any atom is -0.497 e. The van der Waals surface area contributed by atoms with E-state index in [0.717, 1.165) is 11.1 Å². The first-order chi connectivity index (χ1) is 10.1. The van der Waals surface area contributed by atoms with E-state index in [4.69, 9.17) is 14.9 Å². The zero-order valence-electron chi connectivity index (χ0n) is 11.8. The van der Waals surface area contributed by atoms with Crippen molar-refractivity contribution in [3.63, 3.8) is 0 Å². The Hall–Kier alpha value is -2.75. The van der Waals surface area contributed by atoms with Gasteiger partial charge in [0.15, 0.2) is 5.43 Å². The summed E-state index contributed by atoms with van der Waals surface area (Å²) in [6, 6.07) is 12.2. The number of nitrogen functional groups attached to an aromatic ring is 1. The SMILES string of the molecule is COc1ccc2c(=O)cc(-c3ccc(C)c(N)c3)oc2c1. The molecule has 0 saturated carbocycles. The van der Waals surface area contributed by atoms with E-state index in [1.165, 1.54) is 6.07 Å². The topological polar surface area (TPSA) is 65.5 Å². The summed E-state index contributed by atoms with van der Waals surface area (Å²) in [6.07, 6.45) is 0. The minimum atomic E-state index is -0.0898. The van der Waals surface area contributed by atoms with Crippen LogP contribution in [0.4, 0.5) is 5.69 Å². The molecular weight excluding hydrogens is 266 g/mol. The first-order valence-electron chi connectivity index (χ1n) is 6.57. The van der Waals surface area contributed by atoms with E-state index in [1.807, 2.05) is 19.1 Å². The van der Waals surface area contributed by atoms with Gasteiger partial charge in [-0.25, -0.2) is 0 Å². The molecule has 21 heavy (non-hydrogen) atoms. The lowest BCUT2D eigenvalue weighted by atomic mass is 10.1. The predicted molar refractivity (Wildman–Crippen MR) is 83.6 cm³/mol. The summed E-state index contributed by atoms with van der Waals surface area (Å²) >= 11 is 0. The third kappa shape index (κ3) is 2.36. The lowest BCUT2D eigenvalue weighted by Crippen LogP contribution is -2.01. The Balaban J connectivity index is 2.23. The number of fused-ring (bicyclic) bond motifs is 1. The van der Waals surface area contributed by atoms with Gasteiger partial charge in [0.1, 0.15) is 17.1 Å². The van der Waals surface area contributed by atoms with Gasteiger partial charge in [-0.15, -0.1) is 0 Å². The van der Waals surface area contributed by atoms with Crippen molar-refractivity contribution in [2.45, 2.75) is 6.92 Å². The maximum atomic E-state index is 12.2. The molecule has 2 aromatic carbocycles. The van der Waals surface area contributed by atoms with Crippen molar-refractivity contribution in [1.29, 1.82) is 0 Å². The van der Waals surface area contributed by atoms with Crippen LogP contribution in [0, 0.1) is 6.92 Å². The number of hydrogen-bond donors (Lipinski definition) is 1. The largest absolute Gasteiger partial charge is 0.497 e. The number of benzene rings is 2. The van der Waals surface area contributed by atoms with Crippen LogP contribution in [0.1, 0.15) is 5.56 Å². The van der Waals surface area contributed by atoms with Gasteiger partial charge in [0.05, 0.1) is 12.5 Å². The van der Waals surface area contributed by atoms with Crippen LogP contribution in [-0.4, -0.2) is 7.11 Å². The van der Waals surface area contributed by atoms with Crippen LogP contribution in [0.5, 0.6) is 5.75 Å². The van der Waals surface area contributed by atoms with E-state index < -0.39 is 0 Å². The zero-order valence-corrected chi connectivity index (χ0v) is 11.8. The van der Waals surface area contributed by atoms with E-state index >= 15 is 0 Å². The lowest BCUT2D eigenvalue weighted by Gasteiger charge is -2.07. The third-order valence-corrected chi connectivity index (χ3v) is 3.50. The van der Waals surface area contributed by atoms with Crippen LogP contribution in [0.15, 0.2) is 51.7 Å². The van der Waals surface area contributed by atoms with Gasteiger partial charge < -0.3 is 14.9 Å². The average Bonchev–Trinajstić information content (AvgIpc) is 2.49. The zero-order chi connectivity index (χ0) is 15.0. The van der Waals surface area contributed by atoms with Crippen molar-refractivity contribution in [2.75, 3.05) is 12.8 Å². The van der Waals surface area contributed by atoms with Crippen molar-refractivity contribution in [3.05, 3.63) is 58.3 Å². The quantitative estimate of drug-likeness (QED) is 0.731. The Morgan fingerprint density at radius 2 is 1.90 bits per heavy atom. The highest BCUT2D eigenvalue weighted by molar-refractivity contribution is 5.80. The highest BCUT2D eigenvalue weighted by Gasteiger charge is 2.09. The molecule has 3 rings (SSSR count). The molecular formula is C17H15NO3. The first kappa shape index (κ1) is 13.2. The van der Waals surface area contributed by atoms with E-state index in [9.17, 15) is 4.79 Å². The Labute approximate surface area is 121 Å². The van der Waals surface area contributed by atoms with Gasteiger partial charge in [0.2, 0.25) is 0 Å². The molecule has 1 heterocycles. The molecule has 0 amide bonds.